The summed E-state index contributed by atoms with van der Waals surface area (Å²) in [5.74, 6) is -0.620. The van der Waals surface area contributed by atoms with Gasteiger partial charge in [-0.15, -0.1) is 0 Å². The van der Waals surface area contributed by atoms with Crippen LogP contribution in [-0.2, 0) is 0 Å². The monoisotopic (exact) mass is 248 g/mol. The van der Waals surface area contributed by atoms with Gasteiger partial charge in [0, 0.05) is 6.54 Å². The van der Waals surface area contributed by atoms with Gasteiger partial charge in [0.05, 0.1) is 6.10 Å². The standard InChI is InChI=1S/C11H12N4O3/c12-10-9(14-18-15-10)11(17)13-6-8(16)7-4-2-1-3-5-7/h1-5,8,16H,6H2,(H2,12,15)(H,13,17). The zero-order valence-corrected chi connectivity index (χ0v) is 9.41. The third kappa shape index (κ3) is 2.64. The molecule has 0 aliphatic carbocycles. The first kappa shape index (κ1) is 12.1. The van der Waals surface area contributed by atoms with Crippen LogP contribution in [0.25, 0.3) is 0 Å². The summed E-state index contributed by atoms with van der Waals surface area (Å²) in [5, 5.41) is 19.0. The molecule has 0 saturated heterocycles. The molecule has 0 aliphatic rings. The lowest BCUT2D eigenvalue weighted by atomic mass is 10.1. The number of nitrogens with zero attached hydrogens (tertiary/aromatic N) is 2. The van der Waals surface area contributed by atoms with E-state index in [1.165, 1.54) is 0 Å². The molecule has 1 unspecified atom stereocenters. The molecule has 0 radical (unpaired) electrons. The number of aliphatic hydroxyl groups is 1. The number of nitrogens with one attached hydrogen (secondary N) is 1. The Labute approximate surface area is 103 Å². The van der Waals surface area contributed by atoms with Gasteiger partial charge < -0.3 is 16.2 Å². The summed E-state index contributed by atoms with van der Waals surface area (Å²) in [6.07, 6.45) is -0.795. The van der Waals surface area contributed by atoms with E-state index in [9.17, 15) is 9.90 Å². The first-order valence-electron chi connectivity index (χ1n) is 5.27. The smallest absolute Gasteiger partial charge is 0.277 e. The summed E-state index contributed by atoms with van der Waals surface area (Å²) >= 11 is 0. The second-order valence-electron chi connectivity index (χ2n) is 3.63. The van der Waals surface area contributed by atoms with Crippen LogP contribution in [0.1, 0.15) is 22.2 Å². The van der Waals surface area contributed by atoms with Crippen LogP contribution in [0.4, 0.5) is 5.82 Å². The number of aromatic nitrogens is 2. The van der Waals surface area contributed by atoms with Crippen molar-refractivity contribution in [3.8, 4) is 0 Å². The van der Waals surface area contributed by atoms with Crippen LogP contribution < -0.4 is 11.1 Å². The molecule has 1 amide bonds. The van der Waals surface area contributed by atoms with Crippen molar-refractivity contribution in [2.24, 2.45) is 0 Å². The molecule has 4 N–H and O–H groups in total. The molecule has 7 heteroatoms. The molecule has 1 aromatic heterocycles. The van der Waals surface area contributed by atoms with Crippen LogP contribution in [0.15, 0.2) is 35.0 Å². The van der Waals surface area contributed by atoms with Crippen molar-refractivity contribution in [1.29, 1.82) is 0 Å². The number of rotatable bonds is 4. The van der Waals surface area contributed by atoms with Crippen LogP contribution in [-0.4, -0.2) is 27.9 Å². The summed E-state index contributed by atoms with van der Waals surface area (Å²) in [6.45, 7) is 0.0507. The van der Waals surface area contributed by atoms with Crippen molar-refractivity contribution in [2.45, 2.75) is 6.10 Å². The number of amides is 1. The van der Waals surface area contributed by atoms with Crippen LogP contribution in [0, 0.1) is 0 Å². The van der Waals surface area contributed by atoms with Crippen molar-refractivity contribution < 1.29 is 14.5 Å². The molecule has 0 spiro atoms. The van der Waals surface area contributed by atoms with Crippen LogP contribution in [0.5, 0.6) is 0 Å². The molecular weight excluding hydrogens is 236 g/mol. The Balaban J connectivity index is 1.93. The van der Waals surface area contributed by atoms with Gasteiger partial charge in [-0.2, -0.15) is 0 Å². The maximum absolute atomic E-state index is 11.6. The SMILES string of the molecule is Nc1nonc1C(=O)NCC(O)c1ccccc1. The fraction of sp³-hybridized carbons (Fsp3) is 0.182. The molecule has 18 heavy (non-hydrogen) atoms. The Hall–Kier alpha value is -2.41. The van der Waals surface area contributed by atoms with Crippen LogP contribution in [0.2, 0.25) is 0 Å². The number of nitrogen functional groups attached to an aromatic ring is 1. The zero-order valence-electron chi connectivity index (χ0n) is 9.41. The van der Waals surface area contributed by atoms with Gasteiger partial charge in [-0.25, -0.2) is 4.63 Å². The third-order valence-corrected chi connectivity index (χ3v) is 2.37. The number of carbonyl (C=O) groups excluding carboxylic acids is 1. The summed E-state index contributed by atoms with van der Waals surface area (Å²) in [6, 6.07) is 8.99. The van der Waals surface area contributed by atoms with Crippen molar-refractivity contribution in [1.82, 2.24) is 15.6 Å². The average Bonchev–Trinajstić information content (AvgIpc) is 2.83. The summed E-state index contributed by atoms with van der Waals surface area (Å²) in [4.78, 5) is 11.6. The zero-order chi connectivity index (χ0) is 13.0. The maximum Gasteiger partial charge on any atom is 0.277 e. The molecule has 0 saturated carbocycles. The number of carbonyl (C=O) groups is 1. The number of nitrogens with two attached hydrogens (primary N) is 1. The minimum absolute atomic E-state index is 0.0507. The average molecular weight is 248 g/mol. The molecular formula is C11H12N4O3. The van der Waals surface area contributed by atoms with Gasteiger partial charge >= 0.3 is 0 Å². The Kier molecular flexibility index (Phi) is 3.54. The molecule has 0 aliphatic heterocycles. The second-order valence-corrected chi connectivity index (χ2v) is 3.63. The Morgan fingerprint density at radius 1 is 1.39 bits per heavy atom. The van der Waals surface area contributed by atoms with E-state index in [2.05, 4.69) is 20.3 Å². The normalized spacial score (nSPS) is 12.1. The lowest BCUT2D eigenvalue weighted by Gasteiger charge is -2.11. The fourth-order valence-electron chi connectivity index (χ4n) is 1.42. The molecule has 94 valence electrons. The van der Waals surface area contributed by atoms with Crippen molar-refractivity contribution in [3.05, 3.63) is 41.6 Å². The van der Waals surface area contributed by atoms with Crippen molar-refractivity contribution >= 4 is 11.7 Å². The predicted octanol–water partition coefficient (Wildman–Crippen LogP) is 0.115. The van der Waals surface area contributed by atoms with Crippen LogP contribution in [0.3, 0.4) is 0 Å². The van der Waals surface area contributed by atoms with Crippen LogP contribution >= 0.6 is 0 Å². The molecule has 0 fully saturated rings. The largest absolute Gasteiger partial charge is 0.387 e. The van der Waals surface area contributed by atoms with E-state index < -0.39 is 12.0 Å². The van der Waals surface area contributed by atoms with Crippen molar-refractivity contribution in [3.63, 3.8) is 0 Å². The summed E-state index contributed by atoms with van der Waals surface area (Å²) < 4.78 is 4.31. The van der Waals surface area contributed by atoms with E-state index in [-0.39, 0.29) is 18.1 Å². The topological polar surface area (TPSA) is 114 Å². The highest BCUT2D eigenvalue weighted by Crippen LogP contribution is 2.11. The summed E-state index contributed by atoms with van der Waals surface area (Å²) in [5.41, 5.74) is 5.99. The summed E-state index contributed by atoms with van der Waals surface area (Å²) in [7, 11) is 0. The molecule has 1 heterocycles. The van der Waals surface area contributed by atoms with Gasteiger partial charge in [0.15, 0.2) is 0 Å². The van der Waals surface area contributed by atoms with E-state index in [0.717, 1.165) is 0 Å². The van der Waals surface area contributed by atoms with Gasteiger partial charge in [0.25, 0.3) is 5.91 Å². The Morgan fingerprint density at radius 3 is 2.72 bits per heavy atom. The van der Waals surface area contributed by atoms with Crippen molar-refractivity contribution in [2.75, 3.05) is 12.3 Å². The molecule has 7 nitrogen and oxygen atoms in total. The Morgan fingerprint density at radius 2 is 2.11 bits per heavy atom. The highest BCUT2D eigenvalue weighted by atomic mass is 16.6. The van der Waals surface area contributed by atoms with E-state index in [0.29, 0.717) is 5.56 Å². The minimum atomic E-state index is -0.795. The third-order valence-electron chi connectivity index (χ3n) is 2.37. The quantitative estimate of drug-likeness (QED) is 0.707. The van der Waals surface area contributed by atoms with E-state index in [4.69, 9.17) is 5.73 Å². The van der Waals surface area contributed by atoms with E-state index in [1.54, 1.807) is 24.3 Å². The highest BCUT2D eigenvalue weighted by Gasteiger charge is 2.17. The van der Waals surface area contributed by atoms with Gasteiger partial charge in [-0.05, 0) is 15.9 Å². The lowest BCUT2D eigenvalue weighted by molar-refractivity contribution is 0.0907. The first-order valence-corrected chi connectivity index (χ1v) is 5.27. The minimum Gasteiger partial charge on any atom is -0.387 e. The van der Waals surface area contributed by atoms with Gasteiger partial charge in [-0.1, -0.05) is 30.3 Å². The van der Waals surface area contributed by atoms with E-state index in [1.807, 2.05) is 6.07 Å². The molecule has 2 rings (SSSR count). The van der Waals surface area contributed by atoms with Gasteiger partial charge in [-0.3, -0.25) is 4.79 Å². The number of hydrogen-bond donors (Lipinski definition) is 3. The highest BCUT2D eigenvalue weighted by molar-refractivity contribution is 5.95. The Bertz CT molecular complexity index is 526. The molecule has 0 bridgehead atoms. The van der Waals surface area contributed by atoms with Gasteiger partial charge in [0.2, 0.25) is 11.5 Å². The van der Waals surface area contributed by atoms with Gasteiger partial charge in [0.1, 0.15) is 0 Å². The number of benzene rings is 1. The predicted molar refractivity (Wildman–Crippen MR) is 62.4 cm³/mol. The fourth-order valence-corrected chi connectivity index (χ4v) is 1.42. The second kappa shape index (κ2) is 5.28. The van der Waals surface area contributed by atoms with E-state index >= 15 is 0 Å². The number of anilines is 1. The molecule has 2 aromatic rings. The number of aliphatic hydroxyl groups excluding tert-OH is 1. The maximum atomic E-state index is 11.6. The number of hydrogen-bond acceptors (Lipinski definition) is 6. The molecule has 1 aromatic carbocycles. The lowest BCUT2D eigenvalue weighted by Crippen LogP contribution is -2.29. The molecule has 1 atom stereocenters. The first-order chi connectivity index (χ1) is 8.68.